The fraction of sp³-hybridized carbons (Fsp3) is 0.100. The number of aromatic nitrogens is 3. The molecule has 0 spiro atoms. The van der Waals surface area contributed by atoms with Gasteiger partial charge in [0.15, 0.2) is 0 Å². The molecule has 0 bridgehead atoms. The summed E-state index contributed by atoms with van der Waals surface area (Å²) in [5.74, 6) is -0.271. The minimum absolute atomic E-state index is 0.0817. The Morgan fingerprint density at radius 3 is 2.82 bits per heavy atom. The topological polar surface area (TPSA) is 120 Å². The maximum absolute atomic E-state index is 11.2. The number of nitrogens with two attached hydrogens (primary N) is 2. The van der Waals surface area contributed by atoms with Crippen LogP contribution in [0.1, 0.15) is 16.1 Å². The summed E-state index contributed by atoms with van der Waals surface area (Å²) in [7, 11) is 0. The average Bonchev–Trinajstić information content (AvgIpc) is 2.66. The standard InChI is InChI=1S/C10H11N5O2/c1-5-2-8(15-14-5)17-10-7(9(12)16)3-6(11)4-13-10/h2-4H,11H2,1H3,(H2,12,16)(H,14,15). The zero-order valence-corrected chi connectivity index (χ0v) is 9.10. The molecular formula is C10H11N5O2. The molecule has 0 aromatic carbocycles. The normalized spacial score (nSPS) is 10.2. The molecule has 0 fully saturated rings. The molecule has 0 saturated carbocycles. The Morgan fingerprint density at radius 1 is 1.47 bits per heavy atom. The summed E-state index contributed by atoms with van der Waals surface area (Å²) < 4.78 is 5.34. The van der Waals surface area contributed by atoms with Gasteiger partial charge in [-0.25, -0.2) is 4.98 Å². The molecule has 7 heteroatoms. The van der Waals surface area contributed by atoms with Gasteiger partial charge in [0.1, 0.15) is 5.56 Å². The minimum Gasteiger partial charge on any atom is -0.418 e. The number of pyridine rings is 1. The van der Waals surface area contributed by atoms with Crippen molar-refractivity contribution in [3.8, 4) is 11.8 Å². The number of rotatable bonds is 3. The number of nitrogen functional groups attached to an aromatic ring is 1. The molecule has 2 aromatic heterocycles. The predicted octanol–water partition coefficient (Wildman–Crippen LogP) is 0.587. The van der Waals surface area contributed by atoms with Crippen LogP contribution in [0.3, 0.4) is 0 Å². The van der Waals surface area contributed by atoms with E-state index in [0.717, 1.165) is 5.69 Å². The van der Waals surface area contributed by atoms with E-state index in [1.165, 1.54) is 12.3 Å². The van der Waals surface area contributed by atoms with Gasteiger partial charge in [-0.1, -0.05) is 0 Å². The van der Waals surface area contributed by atoms with E-state index in [9.17, 15) is 4.79 Å². The lowest BCUT2D eigenvalue weighted by Gasteiger charge is -2.05. The zero-order chi connectivity index (χ0) is 12.4. The fourth-order valence-corrected chi connectivity index (χ4v) is 1.27. The number of anilines is 1. The molecule has 7 nitrogen and oxygen atoms in total. The highest BCUT2D eigenvalue weighted by Gasteiger charge is 2.13. The van der Waals surface area contributed by atoms with Crippen molar-refractivity contribution in [3.63, 3.8) is 0 Å². The minimum atomic E-state index is -0.660. The van der Waals surface area contributed by atoms with Crippen LogP contribution < -0.4 is 16.2 Å². The number of amides is 1. The molecule has 0 unspecified atom stereocenters. The molecule has 2 rings (SSSR count). The number of ether oxygens (including phenoxy) is 1. The molecule has 0 aliphatic carbocycles. The molecule has 88 valence electrons. The van der Waals surface area contributed by atoms with Gasteiger partial charge in [-0.3, -0.25) is 9.89 Å². The van der Waals surface area contributed by atoms with E-state index < -0.39 is 5.91 Å². The van der Waals surface area contributed by atoms with Crippen LogP contribution in [0.5, 0.6) is 11.8 Å². The highest BCUT2D eigenvalue weighted by atomic mass is 16.5. The first kappa shape index (κ1) is 10.9. The van der Waals surface area contributed by atoms with Gasteiger partial charge in [0, 0.05) is 11.8 Å². The molecule has 0 atom stereocenters. The number of aryl methyl sites for hydroxylation is 1. The molecular weight excluding hydrogens is 222 g/mol. The number of aromatic amines is 1. The molecule has 0 radical (unpaired) electrons. The third kappa shape index (κ3) is 2.33. The highest BCUT2D eigenvalue weighted by molar-refractivity contribution is 5.95. The molecule has 2 heterocycles. The van der Waals surface area contributed by atoms with Crippen molar-refractivity contribution in [2.45, 2.75) is 6.92 Å². The largest absolute Gasteiger partial charge is 0.418 e. The molecule has 1 amide bonds. The van der Waals surface area contributed by atoms with Gasteiger partial charge in [-0.15, -0.1) is 5.10 Å². The SMILES string of the molecule is Cc1cc(Oc2ncc(N)cc2C(N)=O)n[nH]1. The van der Waals surface area contributed by atoms with E-state index in [-0.39, 0.29) is 11.4 Å². The van der Waals surface area contributed by atoms with Gasteiger partial charge in [0.25, 0.3) is 5.91 Å². The summed E-state index contributed by atoms with van der Waals surface area (Å²) in [6, 6.07) is 3.08. The number of carbonyl (C=O) groups excluding carboxylic acids is 1. The summed E-state index contributed by atoms with van der Waals surface area (Å²) >= 11 is 0. The van der Waals surface area contributed by atoms with Crippen LogP contribution in [-0.4, -0.2) is 21.1 Å². The van der Waals surface area contributed by atoms with Crippen molar-refractivity contribution in [3.05, 3.63) is 29.6 Å². The molecule has 17 heavy (non-hydrogen) atoms. The van der Waals surface area contributed by atoms with E-state index in [0.29, 0.717) is 11.6 Å². The Hall–Kier alpha value is -2.57. The molecule has 0 aliphatic heterocycles. The Kier molecular flexibility index (Phi) is 2.65. The van der Waals surface area contributed by atoms with Gasteiger partial charge < -0.3 is 16.2 Å². The lowest BCUT2D eigenvalue weighted by molar-refractivity contribution is 0.0997. The van der Waals surface area contributed by atoms with Crippen molar-refractivity contribution in [1.82, 2.24) is 15.2 Å². The lowest BCUT2D eigenvalue weighted by atomic mass is 10.2. The second-order valence-electron chi connectivity index (χ2n) is 3.48. The van der Waals surface area contributed by atoms with Crippen molar-refractivity contribution >= 4 is 11.6 Å². The molecule has 5 N–H and O–H groups in total. The molecule has 0 saturated heterocycles. The smallest absolute Gasteiger partial charge is 0.254 e. The third-order valence-electron chi connectivity index (χ3n) is 2.02. The number of hydrogen-bond donors (Lipinski definition) is 3. The number of carbonyl (C=O) groups is 1. The quantitative estimate of drug-likeness (QED) is 0.716. The second-order valence-corrected chi connectivity index (χ2v) is 3.48. The number of nitrogens with zero attached hydrogens (tertiary/aromatic N) is 2. The second kappa shape index (κ2) is 4.12. The maximum atomic E-state index is 11.2. The van der Waals surface area contributed by atoms with Gasteiger partial charge in [0.2, 0.25) is 11.8 Å². The number of nitrogens with one attached hydrogen (secondary N) is 1. The first-order valence-corrected chi connectivity index (χ1v) is 4.81. The zero-order valence-electron chi connectivity index (χ0n) is 9.10. The number of hydrogen-bond acceptors (Lipinski definition) is 5. The summed E-state index contributed by atoms with van der Waals surface area (Å²) in [6.07, 6.45) is 1.38. The van der Waals surface area contributed by atoms with E-state index in [1.54, 1.807) is 6.07 Å². The first-order chi connectivity index (χ1) is 8.06. The highest BCUT2D eigenvalue weighted by Crippen LogP contribution is 2.22. The Bertz CT molecular complexity index is 564. The predicted molar refractivity (Wildman–Crippen MR) is 60.6 cm³/mol. The Labute approximate surface area is 96.8 Å². The van der Waals surface area contributed by atoms with Crippen molar-refractivity contribution in [2.75, 3.05) is 5.73 Å². The van der Waals surface area contributed by atoms with Gasteiger partial charge in [0.05, 0.1) is 11.9 Å². The van der Waals surface area contributed by atoms with Crippen LogP contribution in [0.15, 0.2) is 18.3 Å². The van der Waals surface area contributed by atoms with Gasteiger partial charge in [-0.05, 0) is 13.0 Å². The van der Waals surface area contributed by atoms with Crippen molar-refractivity contribution in [2.24, 2.45) is 5.73 Å². The Morgan fingerprint density at radius 2 is 2.24 bits per heavy atom. The molecule has 2 aromatic rings. The van der Waals surface area contributed by atoms with E-state index in [4.69, 9.17) is 16.2 Å². The van der Waals surface area contributed by atoms with Crippen molar-refractivity contribution < 1.29 is 9.53 Å². The summed E-state index contributed by atoms with van der Waals surface area (Å²) in [4.78, 5) is 15.1. The summed E-state index contributed by atoms with van der Waals surface area (Å²) in [5, 5.41) is 6.57. The van der Waals surface area contributed by atoms with E-state index >= 15 is 0 Å². The maximum Gasteiger partial charge on any atom is 0.254 e. The summed E-state index contributed by atoms with van der Waals surface area (Å²) in [5.41, 5.74) is 12.0. The van der Waals surface area contributed by atoms with E-state index in [1.807, 2.05) is 6.92 Å². The lowest BCUT2D eigenvalue weighted by Crippen LogP contribution is -2.13. The van der Waals surface area contributed by atoms with Gasteiger partial charge in [-0.2, -0.15) is 0 Å². The third-order valence-corrected chi connectivity index (χ3v) is 2.02. The number of primary amides is 1. The number of H-pyrrole nitrogens is 1. The van der Waals surface area contributed by atoms with Gasteiger partial charge >= 0.3 is 0 Å². The van der Waals surface area contributed by atoms with Crippen LogP contribution in [0.4, 0.5) is 5.69 Å². The monoisotopic (exact) mass is 233 g/mol. The summed E-state index contributed by atoms with van der Waals surface area (Å²) in [6.45, 7) is 1.82. The fourth-order valence-electron chi connectivity index (χ4n) is 1.27. The van der Waals surface area contributed by atoms with Crippen LogP contribution in [0.25, 0.3) is 0 Å². The average molecular weight is 233 g/mol. The first-order valence-electron chi connectivity index (χ1n) is 4.81. The van der Waals surface area contributed by atoms with Crippen LogP contribution in [0.2, 0.25) is 0 Å². The van der Waals surface area contributed by atoms with Crippen molar-refractivity contribution in [1.29, 1.82) is 0 Å². The van der Waals surface area contributed by atoms with Crippen LogP contribution in [0, 0.1) is 6.92 Å². The Balaban J connectivity index is 2.35. The molecule has 0 aliphatic rings. The van der Waals surface area contributed by atoms with Crippen LogP contribution in [-0.2, 0) is 0 Å². The van der Waals surface area contributed by atoms with E-state index in [2.05, 4.69) is 15.2 Å². The van der Waals surface area contributed by atoms with Crippen LogP contribution >= 0.6 is 0 Å².